The van der Waals surface area contributed by atoms with Gasteiger partial charge in [-0.05, 0) is 31.9 Å². The average Bonchev–Trinajstić information content (AvgIpc) is 3.34. The van der Waals surface area contributed by atoms with Gasteiger partial charge in [-0.2, -0.15) is 5.10 Å². The second-order valence-corrected chi connectivity index (χ2v) is 6.35. The van der Waals surface area contributed by atoms with E-state index in [-0.39, 0.29) is 11.9 Å². The van der Waals surface area contributed by atoms with E-state index in [9.17, 15) is 4.79 Å². The Morgan fingerprint density at radius 1 is 1.28 bits per heavy atom. The topological polar surface area (TPSA) is 68.8 Å². The van der Waals surface area contributed by atoms with E-state index in [1.165, 1.54) is 0 Å². The highest BCUT2D eigenvalue weighted by molar-refractivity contribution is 5.93. The van der Waals surface area contributed by atoms with Gasteiger partial charge in [-0.1, -0.05) is 0 Å². The lowest BCUT2D eigenvalue weighted by molar-refractivity contribution is 0.0729. The third kappa shape index (κ3) is 2.82. The first-order chi connectivity index (χ1) is 12.1. The Morgan fingerprint density at radius 3 is 2.88 bits per heavy atom. The highest BCUT2D eigenvalue weighted by atomic mass is 16.2. The smallest absolute Gasteiger partial charge is 0.273 e. The molecule has 1 fully saturated rings. The van der Waals surface area contributed by atoms with Gasteiger partial charge in [0.2, 0.25) is 0 Å². The molecule has 1 aliphatic heterocycles. The van der Waals surface area contributed by atoms with Gasteiger partial charge in [0.1, 0.15) is 11.5 Å². The van der Waals surface area contributed by atoms with E-state index in [1.54, 1.807) is 17.1 Å². The molecule has 7 nitrogen and oxygen atoms in total. The predicted molar refractivity (Wildman–Crippen MR) is 92.3 cm³/mol. The van der Waals surface area contributed by atoms with Gasteiger partial charge in [-0.25, -0.2) is 4.98 Å². The summed E-state index contributed by atoms with van der Waals surface area (Å²) in [7, 11) is 1.89. The van der Waals surface area contributed by atoms with Crippen molar-refractivity contribution in [2.24, 2.45) is 7.05 Å². The molecule has 0 saturated carbocycles. The van der Waals surface area contributed by atoms with Gasteiger partial charge in [0, 0.05) is 43.9 Å². The lowest BCUT2D eigenvalue weighted by Crippen LogP contribution is -2.31. The molecule has 1 amide bonds. The minimum absolute atomic E-state index is 0.0361. The second-order valence-electron chi connectivity index (χ2n) is 6.35. The normalized spacial score (nSPS) is 17.2. The van der Waals surface area contributed by atoms with E-state index < -0.39 is 0 Å². The van der Waals surface area contributed by atoms with Crippen LogP contribution in [0.15, 0.2) is 43.1 Å². The van der Waals surface area contributed by atoms with Crippen molar-refractivity contribution in [3.8, 4) is 5.69 Å². The second kappa shape index (κ2) is 6.16. The summed E-state index contributed by atoms with van der Waals surface area (Å²) >= 11 is 0. The number of rotatable bonds is 3. The van der Waals surface area contributed by atoms with E-state index in [0.29, 0.717) is 5.69 Å². The fraction of sp³-hybridized carbons (Fsp3) is 0.333. The quantitative estimate of drug-likeness (QED) is 0.736. The first kappa shape index (κ1) is 15.6. The summed E-state index contributed by atoms with van der Waals surface area (Å²) in [4.78, 5) is 23.5. The molecule has 25 heavy (non-hydrogen) atoms. The van der Waals surface area contributed by atoms with Crippen LogP contribution < -0.4 is 0 Å². The molecule has 0 unspecified atom stereocenters. The predicted octanol–water partition coefficient (Wildman–Crippen LogP) is 2.29. The lowest BCUT2D eigenvalue weighted by Gasteiger charge is -2.23. The number of hydrogen-bond acceptors (Lipinski definition) is 4. The summed E-state index contributed by atoms with van der Waals surface area (Å²) in [5.74, 6) is 0.838. The van der Waals surface area contributed by atoms with Gasteiger partial charge in [0.05, 0.1) is 17.9 Å². The lowest BCUT2D eigenvalue weighted by atomic mass is 10.1. The average molecular weight is 336 g/mol. The van der Waals surface area contributed by atoms with E-state index in [4.69, 9.17) is 0 Å². The maximum atomic E-state index is 13.1. The van der Waals surface area contributed by atoms with Crippen molar-refractivity contribution >= 4 is 5.91 Å². The van der Waals surface area contributed by atoms with Crippen molar-refractivity contribution < 1.29 is 4.79 Å². The Labute approximate surface area is 145 Å². The molecule has 1 aliphatic rings. The number of imidazole rings is 1. The molecule has 4 rings (SSSR count). The molecule has 0 spiro atoms. The molecule has 4 heterocycles. The van der Waals surface area contributed by atoms with Gasteiger partial charge >= 0.3 is 0 Å². The van der Waals surface area contributed by atoms with E-state index in [1.807, 2.05) is 54.2 Å². The molecule has 1 atom stereocenters. The summed E-state index contributed by atoms with van der Waals surface area (Å²) in [5, 5.41) is 4.24. The van der Waals surface area contributed by atoms with Gasteiger partial charge in [0.15, 0.2) is 0 Å². The molecule has 3 aromatic rings. The largest absolute Gasteiger partial charge is 0.330 e. The van der Waals surface area contributed by atoms with E-state index in [2.05, 4.69) is 15.1 Å². The Hall–Kier alpha value is -2.96. The summed E-state index contributed by atoms with van der Waals surface area (Å²) in [6.07, 6.45) is 11.1. The molecule has 0 radical (unpaired) electrons. The molecule has 0 N–H and O–H groups in total. The maximum absolute atomic E-state index is 13.1. The van der Waals surface area contributed by atoms with Crippen molar-refractivity contribution in [1.82, 2.24) is 29.2 Å². The Balaban J connectivity index is 1.63. The van der Waals surface area contributed by atoms with Crippen molar-refractivity contribution in [2.45, 2.75) is 25.8 Å². The zero-order chi connectivity index (χ0) is 17.4. The molecule has 1 saturated heterocycles. The monoisotopic (exact) mass is 336 g/mol. The molecule has 0 aromatic carbocycles. The third-order valence-corrected chi connectivity index (χ3v) is 4.69. The van der Waals surface area contributed by atoms with Crippen molar-refractivity contribution in [3.63, 3.8) is 0 Å². The minimum atomic E-state index is -0.0361. The Morgan fingerprint density at radius 2 is 2.16 bits per heavy atom. The van der Waals surface area contributed by atoms with Crippen LogP contribution in [0.5, 0.6) is 0 Å². The van der Waals surface area contributed by atoms with Gasteiger partial charge in [-0.3, -0.25) is 14.5 Å². The fourth-order valence-electron chi connectivity index (χ4n) is 3.45. The molecule has 0 aliphatic carbocycles. The highest BCUT2D eigenvalue weighted by Gasteiger charge is 2.32. The molecule has 0 bridgehead atoms. The fourth-order valence-corrected chi connectivity index (χ4v) is 3.45. The van der Waals surface area contributed by atoms with Crippen LogP contribution in [0, 0.1) is 6.92 Å². The summed E-state index contributed by atoms with van der Waals surface area (Å²) in [5.41, 5.74) is 2.43. The Bertz CT molecular complexity index is 912. The molecular weight excluding hydrogens is 316 g/mol. The summed E-state index contributed by atoms with van der Waals surface area (Å²) in [6, 6.07) is 3.78. The number of hydrogen-bond donors (Lipinski definition) is 0. The van der Waals surface area contributed by atoms with Crippen molar-refractivity contribution in [3.05, 3.63) is 60.2 Å². The number of pyridine rings is 1. The molecule has 7 heteroatoms. The van der Waals surface area contributed by atoms with E-state index >= 15 is 0 Å². The third-order valence-electron chi connectivity index (χ3n) is 4.69. The SMILES string of the molecule is Cc1nccn1-c1ccnc(C(=O)N2CCC[C@H]2c2cnn(C)c2)c1. The van der Waals surface area contributed by atoms with Gasteiger partial charge in [-0.15, -0.1) is 0 Å². The van der Waals surface area contributed by atoms with Gasteiger partial charge < -0.3 is 9.47 Å². The number of carbonyl (C=O) groups is 1. The zero-order valence-electron chi connectivity index (χ0n) is 14.3. The molecule has 3 aromatic heterocycles. The van der Waals surface area contributed by atoms with Crippen LogP contribution in [0.1, 0.15) is 40.8 Å². The number of aryl methyl sites for hydroxylation is 2. The van der Waals surface area contributed by atoms with Crippen molar-refractivity contribution in [2.75, 3.05) is 6.54 Å². The summed E-state index contributed by atoms with van der Waals surface area (Å²) in [6.45, 7) is 2.68. The standard InChI is InChI=1S/C18H20N6O/c1-13-19-7-9-23(13)15-5-6-20-16(10-15)18(25)24-8-3-4-17(24)14-11-21-22(2)12-14/h5-7,9-12,17H,3-4,8H2,1-2H3/t17-/m0/s1. The maximum Gasteiger partial charge on any atom is 0.273 e. The number of nitrogens with zero attached hydrogens (tertiary/aromatic N) is 6. The highest BCUT2D eigenvalue weighted by Crippen LogP contribution is 2.32. The van der Waals surface area contributed by atoms with Crippen LogP contribution in [0.25, 0.3) is 5.69 Å². The van der Waals surface area contributed by atoms with Crippen molar-refractivity contribution in [1.29, 1.82) is 0 Å². The van der Waals surface area contributed by atoms with Crippen LogP contribution >= 0.6 is 0 Å². The van der Waals surface area contributed by atoms with Crippen LogP contribution in [-0.4, -0.2) is 41.7 Å². The minimum Gasteiger partial charge on any atom is -0.330 e. The molecular formula is C18H20N6O. The first-order valence-electron chi connectivity index (χ1n) is 8.39. The Kier molecular flexibility index (Phi) is 3.83. The molecule has 128 valence electrons. The zero-order valence-corrected chi connectivity index (χ0v) is 14.3. The number of carbonyl (C=O) groups excluding carboxylic acids is 1. The van der Waals surface area contributed by atoms with Crippen LogP contribution in [0.4, 0.5) is 0 Å². The number of likely N-dealkylation sites (tertiary alicyclic amines) is 1. The first-order valence-corrected chi connectivity index (χ1v) is 8.39. The van der Waals surface area contributed by atoms with Crippen LogP contribution in [0.3, 0.4) is 0 Å². The van der Waals surface area contributed by atoms with Crippen LogP contribution in [0.2, 0.25) is 0 Å². The van der Waals surface area contributed by atoms with E-state index in [0.717, 1.165) is 36.5 Å². The number of amides is 1. The number of aromatic nitrogens is 5. The summed E-state index contributed by atoms with van der Waals surface area (Å²) < 4.78 is 3.72. The van der Waals surface area contributed by atoms with Gasteiger partial charge in [0.25, 0.3) is 5.91 Å². The van der Waals surface area contributed by atoms with Crippen LogP contribution in [-0.2, 0) is 7.05 Å².